The standard InChI is InChI=1S/C28H37N11O4/c1-36(17-40-2)25-30-23(21-12-8-6-9-13-21)31-26(34-25)37(18-41-3)16-38(19-42-4)27-32-24(22-14-10-7-11-15-22)33-28(35-27)39(29)20-43-5/h6-15H,16-20,29H2,1-5H3. The van der Waals surface area contributed by atoms with Crippen LogP contribution in [-0.2, 0) is 18.9 Å². The van der Waals surface area contributed by atoms with Crippen LogP contribution in [0.1, 0.15) is 0 Å². The highest BCUT2D eigenvalue weighted by atomic mass is 16.5. The first kappa shape index (κ1) is 31.4. The van der Waals surface area contributed by atoms with Gasteiger partial charge < -0.3 is 23.8 Å². The van der Waals surface area contributed by atoms with Crippen molar-refractivity contribution in [3.05, 3.63) is 60.7 Å². The molecule has 2 aromatic heterocycles. The topological polar surface area (TPSA) is 153 Å². The number of nitrogens with zero attached hydrogens (tertiary/aromatic N) is 10. The Morgan fingerprint density at radius 1 is 0.535 bits per heavy atom. The Kier molecular flexibility index (Phi) is 11.4. The predicted molar refractivity (Wildman–Crippen MR) is 163 cm³/mol. The summed E-state index contributed by atoms with van der Waals surface area (Å²) in [6, 6.07) is 19.2. The first-order valence-electron chi connectivity index (χ1n) is 13.3. The largest absolute Gasteiger partial charge is 0.364 e. The van der Waals surface area contributed by atoms with Crippen LogP contribution in [-0.4, -0.2) is 99.0 Å². The molecule has 0 aliphatic heterocycles. The summed E-state index contributed by atoms with van der Waals surface area (Å²) in [6.45, 7) is 0.801. The maximum absolute atomic E-state index is 6.21. The predicted octanol–water partition coefficient (Wildman–Crippen LogP) is 2.19. The molecule has 0 aliphatic rings. The van der Waals surface area contributed by atoms with Crippen molar-refractivity contribution >= 4 is 23.8 Å². The molecule has 0 amide bonds. The molecule has 15 nitrogen and oxygen atoms in total. The number of hydrogen-bond acceptors (Lipinski definition) is 15. The van der Waals surface area contributed by atoms with Crippen molar-refractivity contribution in [1.82, 2.24) is 29.9 Å². The van der Waals surface area contributed by atoms with Gasteiger partial charge in [-0.05, 0) is 0 Å². The van der Waals surface area contributed by atoms with Gasteiger partial charge in [0.15, 0.2) is 11.6 Å². The Balaban J connectivity index is 1.78. The third kappa shape index (κ3) is 8.27. The van der Waals surface area contributed by atoms with Crippen molar-refractivity contribution in [3.8, 4) is 22.8 Å². The second-order valence-corrected chi connectivity index (χ2v) is 9.31. The molecule has 0 radical (unpaired) electrons. The number of methoxy groups -OCH3 is 4. The first-order chi connectivity index (χ1) is 21.0. The van der Waals surface area contributed by atoms with E-state index in [4.69, 9.17) is 39.7 Å². The fraction of sp³-hybridized carbons (Fsp3) is 0.357. The maximum atomic E-state index is 6.21. The van der Waals surface area contributed by atoms with E-state index in [0.29, 0.717) is 29.5 Å². The van der Waals surface area contributed by atoms with Crippen LogP contribution >= 0.6 is 0 Å². The van der Waals surface area contributed by atoms with Crippen LogP contribution in [0.3, 0.4) is 0 Å². The number of aromatic nitrogens is 6. The molecule has 0 saturated carbocycles. The van der Waals surface area contributed by atoms with Gasteiger partial charge in [0, 0.05) is 46.6 Å². The summed E-state index contributed by atoms with van der Waals surface area (Å²) in [5.74, 6) is 8.47. The van der Waals surface area contributed by atoms with E-state index in [1.807, 2.05) is 72.6 Å². The zero-order valence-electron chi connectivity index (χ0n) is 25.0. The van der Waals surface area contributed by atoms with E-state index in [-0.39, 0.29) is 39.5 Å². The van der Waals surface area contributed by atoms with Crippen molar-refractivity contribution in [3.63, 3.8) is 0 Å². The highest BCUT2D eigenvalue weighted by Crippen LogP contribution is 2.24. The molecule has 0 bridgehead atoms. The van der Waals surface area contributed by atoms with Crippen LogP contribution in [0.5, 0.6) is 0 Å². The summed E-state index contributed by atoms with van der Waals surface area (Å²) >= 11 is 0. The molecule has 0 spiro atoms. The second kappa shape index (κ2) is 15.6. The minimum atomic E-state index is 0.0721. The normalized spacial score (nSPS) is 10.9. The van der Waals surface area contributed by atoms with E-state index in [2.05, 4.69) is 15.0 Å². The smallest absolute Gasteiger partial charge is 0.247 e. The number of nitrogens with two attached hydrogens (primary N) is 1. The molecule has 2 aromatic carbocycles. The summed E-state index contributed by atoms with van der Waals surface area (Å²) in [5, 5.41) is 1.30. The molecular formula is C28H37N11O4. The Morgan fingerprint density at radius 3 is 1.42 bits per heavy atom. The lowest BCUT2D eigenvalue weighted by Gasteiger charge is -2.30. The van der Waals surface area contributed by atoms with E-state index < -0.39 is 0 Å². The van der Waals surface area contributed by atoms with E-state index in [0.717, 1.165) is 11.1 Å². The van der Waals surface area contributed by atoms with E-state index >= 15 is 0 Å². The molecule has 0 aliphatic carbocycles. The molecule has 0 atom stereocenters. The zero-order valence-corrected chi connectivity index (χ0v) is 25.0. The molecule has 15 heteroatoms. The molecule has 0 fully saturated rings. The number of hydrogen-bond donors (Lipinski definition) is 1. The third-order valence-electron chi connectivity index (χ3n) is 5.95. The quantitative estimate of drug-likeness (QED) is 0.115. The monoisotopic (exact) mass is 591 g/mol. The lowest BCUT2D eigenvalue weighted by atomic mass is 10.2. The van der Waals surface area contributed by atoms with Crippen LogP contribution in [0.2, 0.25) is 0 Å². The molecule has 43 heavy (non-hydrogen) atoms. The van der Waals surface area contributed by atoms with Gasteiger partial charge >= 0.3 is 0 Å². The highest BCUT2D eigenvalue weighted by Gasteiger charge is 2.23. The number of rotatable bonds is 16. The minimum absolute atomic E-state index is 0.0721. The Labute approximate surface area is 250 Å². The highest BCUT2D eigenvalue weighted by molar-refractivity contribution is 5.60. The van der Waals surface area contributed by atoms with Gasteiger partial charge in [0.25, 0.3) is 0 Å². The number of benzene rings is 2. The molecule has 0 saturated heterocycles. The summed E-state index contributed by atoms with van der Waals surface area (Å²) in [7, 11) is 8.17. The summed E-state index contributed by atoms with van der Waals surface area (Å²) < 4.78 is 21.7. The van der Waals surface area contributed by atoms with E-state index in [1.54, 1.807) is 31.1 Å². The van der Waals surface area contributed by atoms with Gasteiger partial charge in [-0.3, -0.25) is 14.8 Å². The lowest BCUT2D eigenvalue weighted by molar-refractivity contribution is 0.178. The van der Waals surface area contributed by atoms with Gasteiger partial charge in [0.2, 0.25) is 23.8 Å². The van der Waals surface area contributed by atoms with Crippen molar-refractivity contribution in [2.75, 3.05) is 88.8 Å². The fourth-order valence-electron chi connectivity index (χ4n) is 4.01. The number of hydrazine groups is 1. The van der Waals surface area contributed by atoms with Crippen LogP contribution < -0.4 is 25.6 Å². The third-order valence-corrected chi connectivity index (χ3v) is 5.95. The van der Waals surface area contributed by atoms with Gasteiger partial charge in [-0.15, -0.1) is 0 Å². The average Bonchev–Trinajstić information content (AvgIpc) is 3.05. The van der Waals surface area contributed by atoms with Crippen molar-refractivity contribution < 1.29 is 18.9 Å². The zero-order chi connectivity index (χ0) is 30.6. The lowest BCUT2D eigenvalue weighted by Crippen LogP contribution is -2.43. The van der Waals surface area contributed by atoms with Gasteiger partial charge in [0.1, 0.15) is 33.6 Å². The second-order valence-electron chi connectivity index (χ2n) is 9.31. The molecule has 4 aromatic rings. The van der Waals surface area contributed by atoms with Gasteiger partial charge in [0.05, 0.1) is 0 Å². The van der Waals surface area contributed by atoms with Crippen molar-refractivity contribution in [2.45, 2.75) is 0 Å². The molecular weight excluding hydrogens is 554 g/mol. The molecule has 2 N–H and O–H groups in total. The van der Waals surface area contributed by atoms with Crippen LogP contribution in [0.25, 0.3) is 22.8 Å². The van der Waals surface area contributed by atoms with E-state index in [9.17, 15) is 0 Å². The summed E-state index contributed by atoms with van der Waals surface area (Å²) in [5.41, 5.74) is 1.63. The molecule has 0 unspecified atom stereocenters. The van der Waals surface area contributed by atoms with Crippen LogP contribution in [0.15, 0.2) is 60.7 Å². The summed E-state index contributed by atoms with van der Waals surface area (Å²) in [4.78, 5) is 33.6. The average molecular weight is 592 g/mol. The first-order valence-corrected chi connectivity index (χ1v) is 13.3. The van der Waals surface area contributed by atoms with Crippen molar-refractivity contribution in [2.24, 2.45) is 5.84 Å². The van der Waals surface area contributed by atoms with Crippen molar-refractivity contribution in [1.29, 1.82) is 0 Å². The number of ether oxygens (including phenoxy) is 4. The molecule has 228 valence electrons. The summed E-state index contributed by atoms with van der Waals surface area (Å²) in [6.07, 6.45) is 0. The number of anilines is 4. The van der Waals surface area contributed by atoms with Gasteiger partial charge in [-0.1, -0.05) is 60.7 Å². The van der Waals surface area contributed by atoms with Crippen LogP contribution in [0.4, 0.5) is 23.8 Å². The Bertz CT molecular complexity index is 1310. The fourth-order valence-corrected chi connectivity index (χ4v) is 4.01. The molecule has 4 rings (SSSR count). The Hall–Kier alpha value is -4.54. The SMILES string of the molecule is COCN(C)c1nc(-c2ccccc2)nc(N(COC)CN(COC)c2nc(-c3ccccc3)nc(N(N)COC)n2)n1. The van der Waals surface area contributed by atoms with Crippen LogP contribution in [0, 0.1) is 0 Å². The Morgan fingerprint density at radius 2 is 0.953 bits per heavy atom. The maximum Gasteiger partial charge on any atom is 0.247 e. The molecule has 2 heterocycles. The minimum Gasteiger partial charge on any atom is -0.364 e. The van der Waals surface area contributed by atoms with Gasteiger partial charge in [-0.2, -0.15) is 29.9 Å². The van der Waals surface area contributed by atoms with Gasteiger partial charge in [-0.25, -0.2) is 5.84 Å². The van der Waals surface area contributed by atoms with E-state index in [1.165, 1.54) is 12.1 Å².